The number of carbonyl (C=O) groups excluding carboxylic acids is 1. The third-order valence-electron chi connectivity index (χ3n) is 4.70. The van der Waals surface area contributed by atoms with Gasteiger partial charge in [0, 0.05) is 17.8 Å². The highest BCUT2D eigenvalue weighted by Crippen LogP contribution is 2.20. The van der Waals surface area contributed by atoms with E-state index in [2.05, 4.69) is 23.3 Å². The zero-order valence-electron chi connectivity index (χ0n) is 14.2. The first-order valence-corrected chi connectivity index (χ1v) is 8.79. The van der Waals surface area contributed by atoms with Crippen LogP contribution in [0.15, 0.2) is 48.7 Å². The van der Waals surface area contributed by atoms with Crippen LogP contribution in [0.1, 0.15) is 41.4 Å². The summed E-state index contributed by atoms with van der Waals surface area (Å²) in [6.45, 7) is 4.60. The van der Waals surface area contributed by atoms with Gasteiger partial charge < -0.3 is 10.2 Å². The highest BCUT2D eigenvalue weighted by molar-refractivity contribution is 5.95. The van der Waals surface area contributed by atoms with E-state index >= 15 is 0 Å². The second-order valence-corrected chi connectivity index (χ2v) is 6.25. The minimum atomic E-state index is 0.130. The number of nitrogens with one attached hydrogen (secondary N) is 1. The number of pyridine rings is 1. The maximum atomic E-state index is 13.3. The van der Waals surface area contributed by atoms with E-state index in [0.717, 1.165) is 49.2 Å². The van der Waals surface area contributed by atoms with Crippen molar-refractivity contribution in [2.45, 2.75) is 38.8 Å². The minimum Gasteiger partial charge on any atom is -0.330 e. The van der Waals surface area contributed by atoms with E-state index in [1.807, 2.05) is 41.3 Å². The summed E-state index contributed by atoms with van der Waals surface area (Å²) in [4.78, 5) is 19.8. The highest BCUT2D eigenvalue weighted by atomic mass is 16.2. The fourth-order valence-corrected chi connectivity index (χ4v) is 3.34. The summed E-state index contributed by atoms with van der Waals surface area (Å²) in [5.41, 5.74) is 2.88. The Bertz CT molecular complexity index is 666. The molecule has 0 saturated carbocycles. The number of hydrogen-bond acceptors (Lipinski definition) is 3. The Morgan fingerprint density at radius 1 is 1.17 bits per heavy atom. The number of benzene rings is 1. The van der Waals surface area contributed by atoms with Crippen molar-refractivity contribution in [3.63, 3.8) is 0 Å². The first-order chi connectivity index (χ1) is 11.8. The zero-order chi connectivity index (χ0) is 16.8. The van der Waals surface area contributed by atoms with Crippen LogP contribution in [-0.2, 0) is 13.0 Å². The van der Waals surface area contributed by atoms with Gasteiger partial charge in [0.1, 0.15) is 0 Å². The molecule has 0 bridgehead atoms. The minimum absolute atomic E-state index is 0.130. The largest absolute Gasteiger partial charge is 0.330 e. The molecule has 0 unspecified atom stereocenters. The van der Waals surface area contributed by atoms with Crippen LogP contribution in [-0.4, -0.2) is 34.9 Å². The number of rotatable bonds is 5. The average molecular weight is 323 g/mol. The van der Waals surface area contributed by atoms with E-state index in [9.17, 15) is 4.79 Å². The van der Waals surface area contributed by atoms with Crippen LogP contribution in [0.25, 0.3) is 0 Å². The number of amides is 1. The van der Waals surface area contributed by atoms with Crippen LogP contribution in [0, 0.1) is 0 Å². The molecule has 1 aromatic heterocycles. The van der Waals surface area contributed by atoms with Crippen molar-refractivity contribution in [3.05, 3.63) is 65.5 Å². The van der Waals surface area contributed by atoms with E-state index in [4.69, 9.17) is 0 Å². The van der Waals surface area contributed by atoms with E-state index in [1.165, 1.54) is 0 Å². The molecule has 0 spiro atoms. The average Bonchev–Trinajstić information content (AvgIpc) is 2.67. The van der Waals surface area contributed by atoms with Crippen molar-refractivity contribution < 1.29 is 4.79 Å². The number of aryl methyl sites for hydroxylation is 1. The third kappa shape index (κ3) is 3.82. The van der Waals surface area contributed by atoms with Crippen molar-refractivity contribution in [1.82, 2.24) is 15.2 Å². The molecular formula is C20H25N3O. The van der Waals surface area contributed by atoms with Gasteiger partial charge in [-0.15, -0.1) is 0 Å². The maximum Gasteiger partial charge on any atom is 0.254 e. The van der Waals surface area contributed by atoms with Crippen molar-refractivity contribution in [3.8, 4) is 0 Å². The summed E-state index contributed by atoms with van der Waals surface area (Å²) in [6.07, 6.45) is 4.64. The highest BCUT2D eigenvalue weighted by Gasteiger charge is 2.27. The van der Waals surface area contributed by atoms with Crippen LogP contribution in [0.2, 0.25) is 0 Å². The Balaban J connectivity index is 1.89. The molecule has 1 aromatic carbocycles. The molecule has 1 amide bonds. The molecule has 2 heterocycles. The standard InChI is InChI=1S/C20H25N3O/c1-2-16-7-3-4-9-19(16)20(24)23(18-10-13-21-14-11-18)15-17-8-5-6-12-22-17/h3-9,12,18,21H,2,10-11,13-15H2,1H3. The van der Waals surface area contributed by atoms with E-state index in [-0.39, 0.29) is 11.9 Å². The molecule has 4 heteroatoms. The lowest BCUT2D eigenvalue weighted by Crippen LogP contribution is -2.46. The monoisotopic (exact) mass is 323 g/mol. The molecule has 1 fully saturated rings. The molecule has 1 saturated heterocycles. The van der Waals surface area contributed by atoms with Crippen molar-refractivity contribution >= 4 is 5.91 Å². The lowest BCUT2D eigenvalue weighted by Gasteiger charge is -2.35. The van der Waals surface area contributed by atoms with Gasteiger partial charge in [-0.3, -0.25) is 9.78 Å². The fraction of sp³-hybridized carbons (Fsp3) is 0.400. The van der Waals surface area contributed by atoms with Crippen LogP contribution >= 0.6 is 0 Å². The van der Waals surface area contributed by atoms with Gasteiger partial charge >= 0.3 is 0 Å². The Morgan fingerprint density at radius 3 is 2.62 bits per heavy atom. The molecule has 4 nitrogen and oxygen atoms in total. The predicted octanol–water partition coefficient (Wildman–Crippen LogP) is 3.04. The zero-order valence-corrected chi connectivity index (χ0v) is 14.2. The number of aromatic nitrogens is 1. The number of carbonyl (C=O) groups is 1. The predicted molar refractivity (Wildman–Crippen MR) is 95.8 cm³/mol. The van der Waals surface area contributed by atoms with Crippen LogP contribution < -0.4 is 5.32 Å². The molecule has 126 valence electrons. The second kappa shape index (κ2) is 8.06. The SMILES string of the molecule is CCc1ccccc1C(=O)N(Cc1ccccn1)C1CCNCC1. The van der Waals surface area contributed by atoms with Gasteiger partial charge in [0.2, 0.25) is 0 Å². The quantitative estimate of drug-likeness (QED) is 0.920. The summed E-state index contributed by atoms with van der Waals surface area (Å²) in [7, 11) is 0. The van der Waals surface area contributed by atoms with Gasteiger partial charge in [0.05, 0.1) is 12.2 Å². The van der Waals surface area contributed by atoms with Gasteiger partial charge in [-0.05, 0) is 56.1 Å². The lowest BCUT2D eigenvalue weighted by molar-refractivity contribution is 0.0619. The van der Waals surface area contributed by atoms with Gasteiger partial charge in [-0.2, -0.15) is 0 Å². The maximum absolute atomic E-state index is 13.3. The van der Waals surface area contributed by atoms with Gasteiger partial charge in [0.15, 0.2) is 0 Å². The van der Waals surface area contributed by atoms with Gasteiger partial charge in [-0.1, -0.05) is 31.2 Å². The number of piperidine rings is 1. The third-order valence-corrected chi connectivity index (χ3v) is 4.70. The molecule has 3 rings (SSSR count). The van der Waals surface area contributed by atoms with Gasteiger partial charge in [-0.25, -0.2) is 0 Å². The van der Waals surface area contributed by atoms with E-state index in [1.54, 1.807) is 6.20 Å². The van der Waals surface area contributed by atoms with E-state index < -0.39 is 0 Å². The Labute approximate surface area is 143 Å². The molecule has 24 heavy (non-hydrogen) atoms. The number of nitrogens with zero attached hydrogens (tertiary/aromatic N) is 2. The van der Waals surface area contributed by atoms with Crippen molar-refractivity contribution in [1.29, 1.82) is 0 Å². The summed E-state index contributed by atoms with van der Waals surface area (Å²) in [5.74, 6) is 0.130. The lowest BCUT2D eigenvalue weighted by atomic mass is 10.00. The fourth-order valence-electron chi connectivity index (χ4n) is 3.34. The second-order valence-electron chi connectivity index (χ2n) is 6.25. The normalized spacial score (nSPS) is 15.2. The first-order valence-electron chi connectivity index (χ1n) is 8.79. The smallest absolute Gasteiger partial charge is 0.254 e. The summed E-state index contributed by atoms with van der Waals surface area (Å²) in [5, 5.41) is 3.38. The molecule has 2 aromatic rings. The Kier molecular flexibility index (Phi) is 5.59. The molecule has 1 aliphatic rings. The van der Waals surface area contributed by atoms with Gasteiger partial charge in [0.25, 0.3) is 5.91 Å². The first kappa shape index (κ1) is 16.7. The molecule has 1 N–H and O–H groups in total. The van der Waals surface area contributed by atoms with Crippen LogP contribution in [0.4, 0.5) is 0 Å². The molecule has 0 aliphatic carbocycles. The topological polar surface area (TPSA) is 45.2 Å². The van der Waals surface area contributed by atoms with Crippen LogP contribution in [0.5, 0.6) is 0 Å². The summed E-state index contributed by atoms with van der Waals surface area (Å²) >= 11 is 0. The summed E-state index contributed by atoms with van der Waals surface area (Å²) < 4.78 is 0. The molecule has 0 atom stereocenters. The van der Waals surface area contributed by atoms with E-state index in [0.29, 0.717) is 6.54 Å². The molecular weight excluding hydrogens is 298 g/mol. The van der Waals surface area contributed by atoms with Crippen molar-refractivity contribution in [2.24, 2.45) is 0 Å². The summed E-state index contributed by atoms with van der Waals surface area (Å²) in [6, 6.07) is 14.1. The van der Waals surface area contributed by atoms with Crippen LogP contribution in [0.3, 0.4) is 0 Å². The Morgan fingerprint density at radius 2 is 1.92 bits per heavy atom. The Hall–Kier alpha value is -2.20. The number of hydrogen-bond donors (Lipinski definition) is 1. The molecule has 1 aliphatic heterocycles. The molecule has 0 radical (unpaired) electrons. The van der Waals surface area contributed by atoms with Crippen molar-refractivity contribution in [2.75, 3.05) is 13.1 Å².